The Hall–Kier alpha value is -3.33. The second-order valence-corrected chi connectivity index (χ2v) is 5.32. The van der Waals surface area contributed by atoms with E-state index in [4.69, 9.17) is 21.1 Å². The van der Waals surface area contributed by atoms with Gasteiger partial charge in [-0.2, -0.15) is 5.10 Å². The summed E-state index contributed by atoms with van der Waals surface area (Å²) < 4.78 is 10.1. The lowest BCUT2D eigenvalue weighted by atomic mass is 10.1. The first kappa shape index (κ1) is 19.0. The number of ether oxygens (including phenoxy) is 2. The van der Waals surface area contributed by atoms with Crippen LogP contribution in [-0.4, -0.2) is 36.4 Å². The minimum Gasteiger partial charge on any atom is -0.507 e. The number of nitrogens with zero attached hydrogens (tertiary/aromatic N) is 2. The molecule has 2 aromatic rings. The Morgan fingerprint density at radius 1 is 1.27 bits per heavy atom. The third-order valence-electron chi connectivity index (χ3n) is 3.30. The molecule has 0 spiro atoms. The number of rotatable bonds is 6. The summed E-state index contributed by atoms with van der Waals surface area (Å²) in [6.45, 7) is 0. The molecule has 0 aliphatic rings. The van der Waals surface area contributed by atoms with Crippen molar-refractivity contribution < 1.29 is 24.3 Å². The Balaban J connectivity index is 2.28. The van der Waals surface area contributed by atoms with E-state index in [1.807, 2.05) is 0 Å². The molecule has 10 heteroatoms. The number of benzene rings is 2. The Morgan fingerprint density at radius 2 is 1.92 bits per heavy atom. The maximum absolute atomic E-state index is 12.0. The van der Waals surface area contributed by atoms with E-state index in [0.717, 1.165) is 6.21 Å². The van der Waals surface area contributed by atoms with Gasteiger partial charge in [-0.3, -0.25) is 14.9 Å². The Kier molecular flexibility index (Phi) is 5.97. The van der Waals surface area contributed by atoms with Crippen LogP contribution in [-0.2, 0) is 0 Å². The number of phenols is 1. The third kappa shape index (κ3) is 4.19. The zero-order valence-electron chi connectivity index (χ0n) is 13.7. The molecule has 0 atom stereocenters. The van der Waals surface area contributed by atoms with Crippen molar-refractivity contribution in [1.82, 2.24) is 5.43 Å². The second-order valence-electron chi connectivity index (χ2n) is 4.88. The lowest BCUT2D eigenvalue weighted by Gasteiger charge is -2.08. The van der Waals surface area contributed by atoms with E-state index in [1.165, 1.54) is 44.6 Å². The van der Waals surface area contributed by atoms with E-state index in [2.05, 4.69) is 10.5 Å². The first-order valence-electron chi connectivity index (χ1n) is 7.09. The van der Waals surface area contributed by atoms with E-state index in [0.29, 0.717) is 0 Å². The van der Waals surface area contributed by atoms with Gasteiger partial charge < -0.3 is 14.6 Å². The van der Waals surface area contributed by atoms with Crippen molar-refractivity contribution in [1.29, 1.82) is 0 Å². The molecule has 0 fully saturated rings. The van der Waals surface area contributed by atoms with Gasteiger partial charge >= 0.3 is 0 Å². The summed E-state index contributed by atoms with van der Waals surface area (Å²) in [6, 6.07) is 6.49. The molecule has 2 aromatic carbocycles. The van der Waals surface area contributed by atoms with Crippen LogP contribution in [0.2, 0.25) is 5.02 Å². The van der Waals surface area contributed by atoms with Gasteiger partial charge in [0.25, 0.3) is 11.6 Å². The van der Waals surface area contributed by atoms with Crippen molar-refractivity contribution in [3.8, 4) is 17.2 Å². The molecule has 0 heterocycles. The molecule has 9 nitrogen and oxygen atoms in total. The van der Waals surface area contributed by atoms with Gasteiger partial charge in [-0.1, -0.05) is 11.6 Å². The molecule has 0 aliphatic heterocycles. The van der Waals surface area contributed by atoms with Gasteiger partial charge in [-0.05, 0) is 24.3 Å². The van der Waals surface area contributed by atoms with Crippen molar-refractivity contribution in [3.63, 3.8) is 0 Å². The molecule has 2 rings (SSSR count). The molecule has 0 aromatic heterocycles. The summed E-state index contributed by atoms with van der Waals surface area (Å²) in [6.07, 6.45) is 1.08. The summed E-state index contributed by atoms with van der Waals surface area (Å²) in [5.74, 6) is -0.564. The van der Waals surface area contributed by atoms with Crippen LogP contribution in [0.5, 0.6) is 17.2 Å². The molecule has 2 N–H and O–H groups in total. The Morgan fingerprint density at radius 3 is 2.54 bits per heavy atom. The predicted octanol–water partition coefficient (Wildman–Crippen LogP) is 2.73. The number of nitro groups is 1. The van der Waals surface area contributed by atoms with Crippen LogP contribution in [0.3, 0.4) is 0 Å². The van der Waals surface area contributed by atoms with Crippen molar-refractivity contribution in [2.75, 3.05) is 14.2 Å². The van der Waals surface area contributed by atoms with Crippen molar-refractivity contribution >= 4 is 29.4 Å². The fraction of sp³-hybridized carbons (Fsp3) is 0.125. The maximum atomic E-state index is 12.0. The van der Waals surface area contributed by atoms with Crippen molar-refractivity contribution in [3.05, 3.63) is 56.6 Å². The molecule has 0 saturated heterocycles. The molecule has 0 aliphatic carbocycles. The summed E-state index contributed by atoms with van der Waals surface area (Å²) in [7, 11) is 2.74. The minimum absolute atomic E-state index is 0.0864. The van der Waals surface area contributed by atoms with Gasteiger partial charge in [0, 0.05) is 5.02 Å². The number of hydrazone groups is 1. The fourth-order valence-corrected chi connectivity index (χ4v) is 2.23. The molecule has 1 amide bonds. The average molecular weight is 380 g/mol. The predicted molar refractivity (Wildman–Crippen MR) is 94.4 cm³/mol. The number of halogens is 1. The van der Waals surface area contributed by atoms with Gasteiger partial charge in [-0.15, -0.1) is 0 Å². The van der Waals surface area contributed by atoms with E-state index < -0.39 is 10.8 Å². The number of nitrogens with one attached hydrogen (secondary N) is 1. The Bertz CT molecular complexity index is 885. The standard InChI is InChI=1S/C16H14ClN3O6/c1-25-14-5-9(12(20(23)24)7-15(14)26-2)8-18-19-16(22)11-6-10(17)3-4-13(11)21/h3-8,21H,1-2H3,(H,19,22)/b18-8-. The Labute approximate surface area is 153 Å². The van der Waals surface area contributed by atoms with E-state index in [1.54, 1.807) is 0 Å². The average Bonchev–Trinajstić information content (AvgIpc) is 2.62. The maximum Gasteiger partial charge on any atom is 0.282 e. The van der Waals surface area contributed by atoms with Crippen LogP contribution in [0.25, 0.3) is 0 Å². The smallest absolute Gasteiger partial charge is 0.282 e. The number of carbonyl (C=O) groups is 1. The number of amides is 1. The van der Waals surface area contributed by atoms with Crippen LogP contribution in [0.4, 0.5) is 5.69 Å². The highest BCUT2D eigenvalue weighted by molar-refractivity contribution is 6.31. The monoisotopic (exact) mass is 379 g/mol. The molecule has 0 radical (unpaired) electrons. The van der Waals surface area contributed by atoms with Crippen LogP contribution >= 0.6 is 11.6 Å². The number of carbonyl (C=O) groups excluding carboxylic acids is 1. The van der Waals surface area contributed by atoms with E-state index in [9.17, 15) is 20.0 Å². The van der Waals surface area contributed by atoms with E-state index in [-0.39, 0.29) is 39.1 Å². The quantitative estimate of drug-likeness (QED) is 0.452. The van der Waals surface area contributed by atoms with Crippen LogP contribution < -0.4 is 14.9 Å². The van der Waals surface area contributed by atoms with Gasteiger partial charge in [0.15, 0.2) is 11.5 Å². The van der Waals surface area contributed by atoms with Crippen LogP contribution in [0.15, 0.2) is 35.4 Å². The van der Waals surface area contributed by atoms with Crippen molar-refractivity contribution in [2.45, 2.75) is 0 Å². The van der Waals surface area contributed by atoms with Gasteiger partial charge in [-0.25, -0.2) is 5.43 Å². The largest absolute Gasteiger partial charge is 0.507 e. The first-order valence-corrected chi connectivity index (χ1v) is 7.47. The molecule has 0 unspecified atom stereocenters. The van der Waals surface area contributed by atoms with Gasteiger partial charge in [0.2, 0.25) is 0 Å². The molecule has 0 bridgehead atoms. The SMILES string of the molecule is COc1cc(/C=N\NC(=O)c2cc(Cl)ccc2O)c([N+](=O)[O-])cc1OC. The molecular weight excluding hydrogens is 366 g/mol. The topological polar surface area (TPSA) is 123 Å². The minimum atomic E-state index is -0.732. The summed E-state index contributed by atoms with van der Waals surface area (Å²) >= 11 is 5.78. The van der Waals surface area contributed by atoms with E-state index >= 15 is 0 Å². The molecule has 136 valence electrons. The number of phenolic OH excluding ortho intramolecular Hbond substituents is 1. The van der Waals surface area contributed by atoms with Crippen LogP contribution in [0.1, 0.15) is 15.9 Å². The highest BCUT2D eigenvalue weighted by atomic mass is 35.5. The summed E-state index contributed by atoms with van der Waals surface area (Å²) in [4.78, 5) is 22.6. The number of nitro benzene ring substituents is 1. The number of aromatic hydroxyl groups is 1. The first-order chi connectivity index (χ1) is 12.4. The number of hydrogen-bond donors (Lipinski definition) is 2. The third-order valence-corrected chi connectivity index (χ3v) is 3.54. The van der Waals surface area contributed by atoms with Gasteiger partial charge in [0.1, 0.15) is 5.75 Å². The zero-order chi connectivity index (χ0) is 19.3. The molecule has 26 heavy (non-hydrogen) atoms. The van der Waals surface area contributed by atoms with Crippen LogP contribution in [0, 0.1) is 10.1 Å². The zero-order valence-corrected chi connectivity index (χ0v) is 14.5. The lowest BCUT2D eigenvalue weighted by Crippen LogP contribution is -2.17. The highest BCUT2D eigenvalue weighted by Crippen LogP contribution is 2.33. The number of hydrogen-bond acceptors (Lipinski definition) is 7. The van der Waals surface area contributed by atoms with Gasteiger partial charge in [0.05, 0.1) is 42.6 Å². The second kappa shape index (κ2) is 8.17. The van der Waals surface area contributed by atoms with Crippen molar-refractivity contribution in [2.24, 2.45) is 5.10 Å². The molecular formula is C16H14ClN3O6. The molecule has 0 saturated carbocycles. The summed E-state index contributed by atoms with van der Waals surface area (Å²) in [5.41, 5.74) is 1.88. The fourth-order valence-electron chi connectivity index (χ4n) is 2.06. The lowest BCUT2D eigenvalue weighted by molar-refractivity contribution is -0.385. The normalized spacial score (nSPS) is 10.6. The number of methoxy groups -OCH3 is 2. The summed E-state index contributed by atoms with van der Waals surface area (Å²) in [5, 5.41) is 24.8. The highest BCUT2D eigenvalue weighted by Gasteiger charge is 2.18.